The van der Waals surface area contributed by atoms with Crippen molar-refractivity contribution in [3.63, 3.8) is 0 Å². The Morgan fingerprint density at radius 3 is 2.67 bits per heavy atom. The molecule has 2 aliphatic rings. The van der Waals surface area contributed by atoms with Gasteiger partial charge in [-0.15, -0.1) is 0 Å². The van der Waals surface area contributed by atoms with Gasteiger partial charge in [-0.05, 0) is 36.6 Å². The van der Waals surface area contributed by atoms with Crippen molar-refractivity contribution < 1.29 is 18.7 Å². The number of aromatic nitrogens is 2. The van der Waals surface area contributed by atoms with Gasteiger partial charge in [0.1, 0.15) is 12.3 Å². The molecule has 33 heavy (non-hydrogen) atoms. The molecule has 1 unspecified atom stereocenters. The standard InChI is InChI=1S/C24H24N4O4S/c29-22(16-33-23-25-11-8-19(26-23)21-7-4-14-31-21)27-12-9-18(10-13-27)28-20(15-32-24(28)30)17-5-2-1-3-6-17/h1-8,11,14,18,20H,9-10,12-13,15-16H2. The van der Waals surface area contributed by atoms with Crippen molar-refractivity contribution in [3.8, 4) is 11.5 Å². The SMILES string of the molecule is O=C(CSc1nccc(-c2ccco2)n1)N1CCC(N2C(=O)OCC2c2ccccc2)CC1. The van der Waals surface area contributed by atoms with Gasteiger partial charge in [-0.2, -0.15) is 0 Å². The number of carbonyl (C=O) groups excluding carboxylic acids is 2. The smallest absolute Gasteiger partial charge is 0.410 e. The fourth-order valence-electron chi connectivity index (χ4n) is 4.35. The lowest BCUT2D eigenvalue weighted by Gasteiger charge is -2.38. The van der Waals surface area contributed by atoms with Crippen molar-refractivity contribution in [1.82, 2.24) is 19.8 Å². The third kappa shape index (κ3) is 4.73. The van der Waals surface area contributed by atoms with Crippen LogP contribution in [0.15, 0.2) is 70.6 Å². The highest BCUT2D eigenvalue weighted by Crippen LogP contribution is 2.33. The normalized spacial score (nSPS) is 19.0. The number of benzene rings is 1. The molecular formula is C24H24N4O4S. The van der Waals surface area contributed by atoms with Crippen LogP contribution in [0.25, 0.3) is 11.5 Å². The highest BCUT2D eigenvalue weighted by Gasteiger charge is 2.40. The van der Waals surface area contributed by atoms with Crippen molar-refractivity contribution >= 4 is 23.8 Å². The monoisotopic (exact) mass is 464 g/mol. The lowest BCUT2D eigenvalue weighted by atomic mass is 9.99. The van der Waals surface area contributed by atoms with E-state index in [0.29, 0.717) is 36.3 Å². The quantitative estimate of drug-likeness (QED) is 0.402. The van der Waals surface area contributed by atoms with E-state index in [4.69, 9.17) is 9.15 Å². The van der Waals surface area contributed by atoms with E-state index in [-0.39, 0.29) is 29.8 Å². The number of thioether (sulfide) groups is 1. The molecule has 1 atom stereocenters. The number of amides is 2. The van der Waals surface area contributed by atoms with Crippen LogP contribution in [0, 0.1) is 0 Å². The molecule has 0 saturated carbocycles. The summed E-state index contributed by atoms with van der Waals surface area (Å²) >= 11 is 1.32. The maximum atomic E-state index is 12.8. The zero-order chi connectivity index (χ0) is 22.6. The molecule has 0 spiro atoms. The predicted octanol–water partition coefficient (Wildman–Crippen LogP) is 4.01. The lowest BCUT2D eigenvalue weighted by molar-refractivity contribution is -0.129. The van der Waals surface area contributed by atoms with Gasteiger partial charge in [0, 0.05) is 25.3 Å². The summed E-state index contributed by atoms with van der Waals surface area (Å²) in [5.41, 5.74) is 1.77. The second-order valence-corrected chi connectivity index (χ2v) is 8.96. The molecule has 0 radical (unpaired) electrons. The highest BCUT2D eigenvalue weighted by molar-refractivity contribution is 7.99. The zero-order valence-electron chi connectivity index (χ0n) is 18.0. The van der Waals surface area contributed by atoms with Crippen LogP contribution in [-0.2, 0) is 9.53 Å². The van der Waals surface area contributed by atoms with Gasteiger partial charge in [0.15, 0.2) is 10.9 Å². The Kier molecular flexibility index (Phi) is 6.30. The highest BCUT2D eigenvalue weighted by atomic mass is 32.2. The van der Waals surface area contributed by atoms with E-state index >= 15 is 0 Å². The number of hydrogen-bond acceptors (Lipinski definition) is 7. The van der Waals surface area contributed by atoms with Gasteiger partial charge in [-0.3, -0.25) is 9.69 Å². The summed E-state index contributed by atoms with van der Waals surface area (Å²) in [7, 11) is 0. The minimum absolute atomic E-state index is 0.0501. The molecular weight excluding hydrogens is 440 g/mol. The average Bonchev–Trinajstić information content (AvgIpc) is 3.54. The Morgan fingerprint density at radius 1 is 1.09 bits per heavy atom. The second-order valence-electron chi connectivity index (χ2n) is 8.01. The Hall–Kier alpha value is -3.33. The van der Waals surface area contributed by atoms with Crippen LogP contribution in [0.1, 0.15) is 24.4 Å². The molecule has 2 aliphatic heterocycles. The summed E-state index contributed by atoms with van der Waals surface area (Å²) in [6.07, 6.45) is 4.47. The Bertz CT molecular complexity index is 1100. The summed E-state index contributed by atoms with van der Waals surface area (Å²) < 4.78 is 10.7. The van der Waals surface area contributed by atoms with E-state index in [9.17, 15) is 9.59 Å². The molecule has 2 fully saturated rings. The molecule has 0 N–H and O–H groups in total. The third-order valence-electron chi connectivity index (χ3n) is 6.04. The first kappa shape index (κ1) is 21.5. The van der Waals surface area contributed by atoms with Crippen molar-refractivity contribution in [2.24, 2.45) is 0 Å². The number of rotatable bonds is 6. The van der Waals surface area contributed by atoms with Crippen LogP contribution in [0.3, 0.4) is 0 Å². The first-order chi connectivity index (χ1) is 16.2. The lowest BCUT2D eigenvalue weighted by Crippen LogP contribution is -2.48. The third-order valence-corrected chi connectivity index (χ3v) is 6.88. The predicted molar refractivity (Wildman–Crippen MR) is 122 cm³/mol. The second kappa shape index (κ2) is 9.66. The maximum Gasteiger partial charge on any atom is 0.410 e. The van der Waals surface area contributed by atoms with E-state index in [2.05, 4.69) is 9.97 Å². The van der Waals surface area contributed by atoms with Crippen molar-refractivity contribution in [2.75, 3.05) is 25.4 Å². The van der Waals surface area contributed by atoms with Gasteiger partial charge in [0.2, 0.25) is 5.91 Å². The van der Waals surface area contributed by atoms with Gasteiger partial charge in [0.25, 0.3) is 0 Å². The Morgan fingerprint density at radius 2 is 1.91 bits per heavy atom. The number of furan rings is 1. The fraction of sp³-hybridized carbons (Fsp3) is 0.333. The maximum absolute atomic E-state index is 12.8. The van der Waals surface area contributed by atoms with Gasteiger partial charge >= 0.3 is 6.09 Å². The van der Waals surface area contributed by atoms with E-state index in [1.165, 1.54) is 11.8 Å². The average molecular weight is 465 g/mol. The van der Waals surface area contributed by atoms with E-state index < -0.39 is 0 Å². The summed E-state index contributed by atoms with van der Waals surface area (Å²) in [5, 5.41) is 0.539. The summed E-state index contributed by atoms with van der Waals surface area (Å²) in [6.45, 7) is 1.60. The van der Waals surface area contributed by atoms with Crippen LogP contribution in [-0.4, -0.2) is 63.3 Å². The van der Waals surface area contributed by atoms with Crippen molar-refractivity contribution in [1.29, 1.82) is 0 Å². The van der Waals surface area contributed by atoms with Crippen LogP contribution in [0.2, 0.25) is 0 Å². The Labute approximate surface area is 195 Å². The van der Waals surface area contributed by atoms with Gasteiger partial charge in [-0.1, -0.05) is 42.1 Å². The first-order valence-electron chi connectivity index (χ1n) is 11.0. The summed E-state index contributed by atoms with van der Waals surface area (Å²) in [5.74, 6) is 0.987. The number of likely N-dealkylation sites (tertiary alicyclic amines) is 1. The molecule has 2 saturated heterocycles. The number of piperidine rings is 1. The van der Waals surface area contributed by atoms with Crippen LogP contribution < -0.4 is 0 Å². The first-order valence-corrected chi connectivity index (χ1v) is 11.9. The van der Waals surface area contributed by atoms with Crippen LogP contribution in [0.5, 0.6) is 0 Å². The molecule has 4 heterocycles. The molecule has 2 amide bonds. The van der Waals surface area contributed by atoms with Crippen LogP contribution in [0.4, 0.5) is 4.79 Å². The zero-order valence-corrected chi connectivity index (χ0v) is 18.8. The van der Waals surface area contributed by atoms with E-state index in [1.807, 2.05) is 46.2 Å². The van der Waals surface area contributed by atoms with Gasteiger partial charge < -0.3 is 14.1 Å². The molecule has 2 aromatic heterocycles. The number of nitrogens with zero attached hydrogens (tertiary/aromatic N) is 4. The van der Waals surface area contributed by atoms with E-state index in [0.717, 1.165) is 18.4 Å². The fourth-order valence-corrected chi connectivity index (χ4v) is 5.08. The number of cyclic esters (lactones) is 1. The Balaban J connectivity index is 1.15. The molecule has 0 aliphatic carbocycles. The number of ether oxygens (including phenoxy) is 1. The minimum atomic E-state index is -0.266. The topological polar surface area (TPSA) is 88.8 Å². The molecule has 170 valence electrons. The number of carbonyl (C=O) groups is 2. The summed E-state index contributed by atoms with van der Waals surface area (Å²) in [4.78, 5) is 37.7. The van der Waals surface area contributed by atoms with Gasteiger partial charge in [-0.25, -0.2) is 14.8 Å². The van der Waals surface area contributed by atoms with Crippen LogP contribution >= 0.6 is 11.8 Å². The molecule has 5 rings (SSSR count). The molecule has 1 aromatic carbocycles. The molecule has 0 bridgehead atoms. The number of hydrogen-bond donors (Lipinski definition) is 0. The van der Waals surface area contributed by atoms with Gasteiger partial charge in [0.05, 0.1) is 18.1 Å². The minimum Gasteiger partial charge on any atom is -0.463 e. The van der Waals surface area contributed by atoms with Crippen molar-refractivity contribution in [2.45, 2.75) is 30.1 Å². The summed E-state index contributed by atoms with van der Waals surface area (Å²) in [6, 6.07) is 15.4. The molecule has 9 heteroatoms. The van der Waals surface area contributed by atoms with E-state index in [1.54, 1.807) is 24.6 Å². The molecule has 8 nitrogen and oxygen atoms in total. The largest absolute Gasteiger partial charge is 0.463 e. The van der Waals surface area contributed by atoms with Crippen molar-refractivity contribution in [3.05, 3.63) is 66.6 Å². The molecule has 3 aromatic rings.